The third-order valence-electron chi connectivity index (χ3n) is 4.08. The van der Waals surface area contributed by atoms with E-state index in [-0.39, 0.29) is 6.10 Å². The van der Waals surface area contributed by atoms with Gasteiger partial charge in [-0.2, -0.15) is 0 Å². The third-order valence-corrected chi connectivity index (χ3v) is 4.08. The van der Waals surface area contributed by atoms with Gasteiger partial charge in [0, 0.05) is 19.6 Å². The van der Waals surface area contributed by atoms with Crippen molar-refractivity contribution in [1.82, 2.24) is 4.90 Å². The smallest absolute Gasteiger partial charge is 0.159 e. The zero-order valence-electron chi connectivity index (χ0n) is 12.7. The summed E-state index contributed by atoms with van der Waals surface area (Å²) < 4.78 is 32.0. The molecule has 1 fully saturated rings. The average Bonchev–Trinajstić information content (AvgIpc) is 2.58. The summed E-state index contributed by atoms with van der Waals surface area (Å²) in [6.45, 7) is 2.29. The minimum atomic E-state index is -0.939. The van der Waals surface area contributed by atoms with E-state index in [1.165, 1.54) is 6.07 Å². The molecule has 0 amide bonds. The zero-order valence-corrected chi connectivity index (χ0v) is 12.7. The minimum absolute atomic E-state index is 0.0397. The van der Waals surface area contributed by atoms with Crippen LogP contribution in [0, 0.1) is 11.6 Å². The van der Waals surface area contributed by atoms with Crippen LogP contribution in [0.4, 0.5) is 8.78 Å². The lowest BCUT2D eigenvalue weighted by Gasteiger charge is -2.34. The highest BCUT2D eigenvalue weighted by Crippen LogP contribution is 2.24. The Bertz CT molecular complexity index is 651. The molecule has 0 aromatic heterocycles. The molecule has 1 heterocycles. The van der Waals surface area contributed by atoms with E-state index in [1.807, 2.05) is 30.3 Å². The van der Waals surface area contributed by atoms with Crippen LogP contribution in [0.25, 0.3) is 0 Å². The second-order valence-electron chi connectivity index (χ2n) is 5.72. The molecule has 0 saturated carbocycles. The largest absolute Gasteiger partial charge is 0.387 e. The van der Waals surface area contributed by atoms with Gasteiger partial charge in [-0.05, 0) is 23.3 Å². The summed E-state index contributed by atoms with van der Waals surface area (Å²) in [6, 6.07) is 13.4. The van der Waals surface area contributed by atoms with Crippen LogP contribution in [0.3, 0.4) is 0 Å². The molecular formula is C18H19F2NO2. The lowest BCUT2D eigenvalue weighted by molar-refractivity contribution is -0.0424. The van der Waals surface area contributed by atoms with Crippen LogP contribution in [0.5, 0.6) is 0 Å². The molecule has 0 radical (unpaired) electrons. The molecule has 1 aliphatic heterocycles. The highest BCUT2D eigenvalue weighted by molar-refractivity contribution is 5.21. The molecule has 3 rings (SSSR count). The molecule has 3 nitrogen and oxygen atoms in total. The van der Waals surface area contributed by atoms with Crippen molar-refractivity contribution in [3.05, 3.63) is 71.3 Å². The zero-order chi connectivity index (χ0) is 16.2. The number of aliphatic hydroxyl groups excluding tert-OH is 1. The number of morpholine rings is 1. The van der Waals surface area contributed by atoms with E-state index in [4.69, 9.17) is 4.74 Å². The van der Waals surface area contributed by atoms with E-state index in [0.717, 1.165) is 17.7 Å². The van der Waals surface area contributed by atoms with Crippen LogP contribution in [-0.4, -0.2) is 36.2 Å². The highest BCUT2D eigenvalue weighted by Gasteiger charge is 2.24. The minimum Gasteiger partial charge on any atom is -0.387 e. The molecule has 2 aromatic carbocycles. The number of halogens is 2. The van der Waals surface area contributed by atoms with Crippen LogP contribution < -0.4 is 0 Å². The summed E-state index contributed by atoms with van der Waals surface area (Å²) in [6.07, 6.45) is -0.901. The van der Waals surface area contributed by atoms with Crippen molar-refractivity contribution in [3.8, 4) is 0 Å². The van der Waals surface area contributed by atoms with Gasteiger partial charge in [-0.15, -0.1) is 0 Å². The van der Waals surface area contributed by atoms with Gasteiger partial charge in [0.25, 0.3) is 0 Å². The quantitative estimate of drug-likeness (QED) is 0.940. The van der Waals surface area contributed by atoms with E-state index in [2.05, 4.69) is 4.90 Å². The normalized spacial score (nSPS) is 20.4. The van der Waals surface area contributed by atoms with Gasteiger partial charge in [-0.3, -0.25) is 4.90 Å². The molecule has 0 spiro atoms. The first-order chi connectivity index (χ1) is 11.1. The molecule has 1 N–H and O–H groups in total. The Morgan fingerprint density at radius 3 is 2.65 bits per heavy atom. The van der Waals surface area contributed by atoms with Crippen molar-refractivity contribution in [1.29, 1.82) is 0 Å². The molecule has 2 unspecified atom stereocenters. The number of benzene rings is 2. The van der Waals surface area contributed by atoms with Crippen molar-refractivity contribution in [3.63, 3.8) is 0 Å². The highest BCUT2D eigenvalue weighted by atomic mass is 19.2. The Hall–Kier alpha value is -1.82. The van der Waals surface area contributed by atoms with Crippen molar-refractivity contribution in [2.45, 2.75) is 12.2 Å². The molecule has 0 bridgehead atoms. The second kappa shape index (κ2) is 7.17. The predicted octanol–water partition coefficient (Wildman–Crippen LogP) is 3.07. The number of hydrogen-bond acceptors (Lipinski definition) is 3. The molecule has 122 valence electrons. The van der Waals surface area contributed by atoms with Gasteiger partial charge in [-0.1, -0.05) is 36.4 Å². The monoisotopic (exact) mass is 319 g/mol. The van der Waals surface area contributed by atoms with Gasteiger partial charge in [0.05, 0.1) is 18.8 Å². The van der Waals surface area contributed by atoms with Crippen LogP contribution in [0.15, 0.2) is 48.5 Å². The standard InChI is InChI=1S/C18H19F2NO2/c19-15-7-6-14(10-16(15)20)17(22)11-21-8-9-23-18(12-21)13-4-2-1-3-5-13/h1-7,10,17-18,22H,8-9,11-12H2. The molecular weight excluding hydrogens is 300 g/mol. The molecule has 5 heteroatoms. The maximum absolute atomic E-state index is 13.3. The summed E-state index contributed by atoms with van der Waals surface area (Å²) >= 11 is 0. The van der Waals surface area contributed by atoms with Crippen LogP contribution in [-0.2, 0) is 4.74 Å². The summed E-state index contributed by atoms with van der Waals surface area (Å²) in [7, 11) is 0. The molecule has 0 aliphatic carbocycles. The molecule has 2 aromatic rings. The van der Waals surface area contributed by atoms with Gasteiger partial charge in [0.2, 0.25) is 0 Å². The number of rotatable bonds is 4. The maximum atomic E-state index is 13.3. The fourth-order valence-electron chi connectivity index (χ4n) is 2.81. The second-order valence-corrected chi connectivity index (χ2v) is 5.72. The number of hydrogen-bond donors (Lipinski definition) is 1. The van der Waals surface area contributed by atoms with Crippen molar-refractivity contribution >= 4 is 0 Å². The van der Waals surface area contributed by atoms with E-state index >= 15 is 0 Å². The fraction of sp³-hybridized carbons (Fsp3) is 0.333. The summed E-state index contributed by atoms with van der Waals surface area (Å²) in [5.41, 5.74) is 1.48. The van der Waals surface area contributed by atoms with Crippen LogP contribution >= 0.6 is 0 Å². The van der Waals surface area contributed by atoms with E-state index in [9.17, 15) is 13.9 Å². The first kappa shape index (κ1) is 16.1. The molecule has 1 aliphatic rings. The molecule has 1 saturated heterocycles. The van der Waals surface area contributed by atoms with Gasteiger partial charge < -0.3 is 9.84 Å². The Labute approximate surface area is 134 Å². The first-order valence-corrected chi connectivity index (χ1v) is 7.65. The topological polar surface area (TPSA) is 32.7 Å². The Kier molecular flexibility index (Phi) is 5.00. The SMILES string of the molecule is OC(CN1CCOC(c2ccccc2)C1)c1ccc(F)c(F)c1. The number of nitrogens with zero attached hydrogens (tertiary/aromatic N) is 1. The van der Waals surface area contributed by atoms with E-state index in [1.54, 1.807) is 0 Å². The van der Waals surface area contributed by atoms with Crippen molar-refractivity contribution < 1.29 is 18.6 Å². The van der Waals surface area contributed by atoms with Crippen molar-refractivity contribution in [2.75, 3.05) is 26.2 Å². The summed E-state index contributed by atoms with van der Waals surface area (Å²) in [4.78, 5) is 2.08. The Morgan fingerprint density at radius 1 is 1.13 bits per heavy atom. The van der Waals surface area contributed by atoms with Gasteiger partial charge >= 0.3 is 0 Å². The van der Waals surface area contributed by atoms with Crippen LogP contribution in [0.2, 0.25) is 0 Å². The lowest BCUT2D eigenvalue weighted by atomic mass is 10.1. The van der Waals surface area contributed by atoms with E-state index < -0.39 is 17.7 Å². The molecule has 2 atom stereocenters. The Balaban J connectivity index is 1.64. The van der Waals surface area contributed by atoms with Gasteiger partial charge in [0.1, 0.15) is 0 Å². The van der Waals surface area contributed by atoms with Gasteiger partial charge in [0.15, 0.2) is 11.6 Å². The third kappa shape index (κ3) is 3.93. The Morgan fingerprint density at radius 2 is 1.91 bits per heavy atom. The fourth-order valence-corrected chi connectivity index (χ4v) is 2.81. The summed E-state index contributed by atoms with van der Waals surface area (Å²) in [5, 5.41) is 10.3. The maximum Gasteiger partial charge on any atom is 0.159 e. The van der Waals surface area contributed by atoms with E-state index in [0.29, 0.717) is 31.8 Å². The lowest BCUT2D eigenvalue weighted by Crippen LogP contribution is -2.40. The number of aliphatic hydroxyl groups is 1. The first-order valence-electron chi connectivity index (χ1n) is 7.65. The van der Waals surface area contributed by atoms with Gasteiger partial charge in [-0.25, -0.2) is 8.78 Å². The number of β-amino-alcohol motifs (C(OH)–C–C–N with tert-alkyl or cyclic N) is 1. The van der Waals surface area contributed by atoms with Crippen LogP contribution in [0.1, 0.15) is 23.3 Å². The average molecular weight is 319 g/mol. The number of ether oxygens (including phenoxy) is 1. The molecule has 23 heavy (non-hydrogen) atoms. The van der Waals surface area contributed by atoms with Crippen molar-refractivity contribution in [2.24, 2.45) is 0 Å². The predicted molar refractivity (Wildman–Crippen MR) is 82.9 cm³/mol. The summed E-state index contributed by atoms with van der Waals surface area (Å²) in [5.74, 6) is -1.85.